The molecule has 9 nitrogen and oxygen atoms in total. The molecule has 2 rings (SSSR count). The van der Waals surface area contributed by atoms with Gasteiger partial charge in [-0.25, -0.2) is 0 Å². The molecule has 192 valence electrons. The van der Waals surface area contributed by atoms with Gasteiger partial charge < -0.3 is 26.0 Å². The summed E-state index contributed by atoms with van der Waals surface area (Å²) >= 11 is 2.92. The highest BCUT2D eigenvalue weighted by atomic mass is 79.9. The maximum Gasteiger partial charge on any atom is 0.417 e. The SMILES string of the molecule is CC(O)(CBr)C(N)=O.C[C@](O)(COc1ccc(C#N)cc1)C(=O)Nc1ccc(C#N)c(C(F)(F)F)c1. The number of carbonyl (C=O) groups excluding carboxylic acids is 2. The zero-order chi connectivity index (χ0) is 27.7. The average molecular weight is 571 g/mol. The van der Waals surface area contributed by atoms with Crippen LogP contribution in [0.4, 0.5) is 18.9 Å². The van der Waals surface area contributed by atoms with Gasteiger partial charge in [0.25, 0.3) is 5.91 Å². The second-order valence-corrected chi connectivity index (χ2v) is 8.36. The van der Waals surface area contributed by atoms with Gasteiger partial charge in [-0.1, -0.05) is 15.9 Å². The molecule has 0 radical (unpaired) electrons. The minimum Gasteiger partial charge on any atom is -0.490 e. The average Bonchev–Trinajstić information content (AvgIpc) is 2.82. The minimum absolute atomic E-state index is 0.176. The number of carbonyl (C=O) groups is 2. The summed E-state index contributed by atoms with van der Waals surface area (Å²) in [6.07, 6.45) is -4.77. The monoisotopic (exact) mass is 570 g/mol. The number of aliphatic hydroxyl groups is 2. The number of alkyl halides is 4. The molecule has 5 N–H and O–H groups in total. The predicted molar refractivity (Wildman–Crippen MR) is 126 cm³/mol. The Morgan fingerprint density at radius 3 is 2.06 bits per heavy atom. The number of amides is 2. The molecule has 0 aliphatic heterocycles. The van der Waals surface area contributed by atoms with E-state index >= 15 is 0 Å². The van der Waals surface area contributed by atoms with Gasteiger partial charge in [0.15, 0.2) is 5.60 Å². The van der Waals surface area contributed by atoms with Gasteiger partial charge in [-0.2, -0.15) is 23.7 Å². The molecule has 0 aliphatic carbocycles. The lowest BCUT2D eigenvalue weighted by molar-refractivity contribution is -0.138. The number of primary amides is 1. The third kappa shape index (κ3) is 8.85. The number of nitrogens with one attached hydrogen (secondary N) is 1. The quantitative estimate of drug-likeness (QED) is 0.371. The summed E-state index contributed by atoms with van der Waals surface area (Å²) in [5, 5.41) is 39.0. The summed E-state index contributed by atoms with van der Waals surface area (Å²) in [6, 6.07) is 12.0. The van der Waals surface area contributed by atoms with Crippen LogP contribution < -0.4 is 15.8 Å². The second kappa shape index (κ2) is 12.4. The van der Waals surface area contributed by atoms with Gasteiger partial charge in [0.05, 0.1) is 28.8 Å². The smallest absolute Gasteiger partial charge is 0.417 e. The third-order valence-electron chi connectivity index (χ3n) is 4.49. The number of benzene rings is 2. The highest BCUT2D eigenvalue weighted by Gasteiger charge is 2.35. The molecule has 36 heavy (non-hydrogen) atoms. The van der Waals surface area contributed by atoms with Crippen LogP contribution in [0, 0.1) is 22.7 Å². The summed E-state index contributed by atoms with van der Waals surface area (Å²) in [4.78, 5) is 22.4. The van der Waals surface area contributed by atoms with Crippen LogP contribution in [0.25, 0.3) is 0 Å². The molecule has 13 heteroatoms. The van der Waals surface area contributed by atoms with Gasteiger partial charge in [0, 0.05) is 11.0 Å². The number of nitriles is 2. The maximum atomic E-state index is 13.0. The molecule has 0 saturated heterocycles. The van der Waals surface area contributed by atoms with Crippen LogP contribution in [0.1, 0.15) is 30.5 Å². The van der Waals surface area contributed by atoms with E-state index in [2.05, 4.69) is 21.2 Å². The number of rotatable bonds is 7. The van der Waals surface area contributed by atoms with E-state index in [-0.39, 0.29) is 11.0 Å². The molecular formula is C23H22BrF3N4O5. The van der Waals surface area contributed by atoms with Gasteiger partial charge in [0.2, 0.25) is 5.91 Å². The van der Waals surface area contributed by atoms with Crippen LogP contribution in [0.3, 0.4) is 0 Å². The predicted octanol–water partition coefficient (Wildman–Crippen LogP) is 2.83. The third-order valence-corrected chi connectivity index (χ3v) is 5.58. The Morgan fingerprint density at radius 2 is 1.64 bits per heavy atom. The number of halogens is 4. The Hall–Kier alpha value is -3.65. The molecule has 1 unspecified atom stereocenters. The van der Waals surface area contributed by atoms with Crippen LogP contribution in [-0.4, -0.2) is 45.2 Å². The summed E-state index contributed by atoms with van der Waals surface area (Å²) < 4.78 is 44.3. The molecule has 0 saturated carbocycles. The molecule has 2 atom stereocenters. The van der Waals surface area contributed by atoms with E-state index in [0.717, 1.165) is 19.1 Å². The van der Waals surface area contributed by atoms with Crippen molar-refractivity contribution in [2.45, 2.75) is 31.2 Å². The molecule has 0 heterocycles. The van der Waals surface area contributed by atoms with Gasteiger partial charge in [-0.05, 0) is 56.3 Å². The highest BCUT2D eigenvalue weighted by molar-refractivity contribution is 9.09. The largest absolute Gasteiger partial charge is 0.490 e. The van der Waals surface area contributed by atoms with Crippen LogP contribution in [0.5, 0.6) is 5.75 Å². The lowest BCUT2D eigenvalue weighted by Crippen LogP contribution is -2.45. The van der Waals surface area contributed by atoms with E-state index in [4.69, 9.17) is 26.1 Å². The van der Waals surface area contributed by atoms with E-state index in [1.807, 2.05) is 6.07 Å². The Morgan fingerprint density at radius 1 is 1.06 bits per heavy atom. The molecule has 2 aromatic carbocycles. The Labute approximate surface area is 213 Å². The number of anilines is 1. The van der Waals surface area contributed by atoms with Crippen LogP contribution in [0.2, 0.25) is 0 Å². The van der Waals surface area contributed by atoms with Gasteiger partial charge in [-0.15, -0.1) is 0 Å². The van der Waals surface area contributed by atoms with Crippen molar-refractivity contribution in [1.82, 2.24) is 0 Å². The van der Waals surface area contributed by atoms with Gasteiger partial charge in [-0.3, -0.25) is 9.59 Å². The molecule has 2 amide bonds. The first-order valence-electron chi connectivity index (χ1n) is 9.93. The Kier molecular flexibility index (Phi) is 10.4. The van der Waals surface area contributed by atoms with E-state index in [0.29, 0.717) is 17.4 Å². The van der Waals surface area contributed by atoms with Crippen molar-refractivity contribution in [3.63, 3.8) is 0 Å². The second-order valence-electron chi connectivity index (χ2n) is 7.79. The summed E-state index contributed by atoms with van der Waals surface area (Å²) in [5.74, 6) is -1.40. The first-order valence-corrected chi connectivity index (χ1v) is 11.1. The molecular weight excluding hydrogens is 549 g/mol. The van der Waals surface area contributed by atoms with Crippen LogP contribution >= 0.6 is 15.9 Å². The zero-order valence-electron chi connectivity index (χ0n) is 19.1. The molecule has 0 aliphatic rings. The van der Waals surface area contributed by atoms with E-state index < -0.39 is 46.9 Å². The number of nitrogens with two attached hydrogens (primary N) is 1. The lowest BCUT2D eigenvalue weighted by atomic mass is 10.1. The molecule has 0 bridgehead atoms. The summed E-state index contributed by atoms with van der Waals surface area (Å²) in [7, 11) is 0. The molecule has 0 spiro atoms. The van der Waals surface area contributed by atoms with E-state index in [1.54, 1.807) is 0 Å². The zero-order valence-corrected chi connectivity index (χ0v) is 20.6. The standard InChI is InChI=1S/C19H14F3N3O3.C4H8BrNO2/c1-18(27,11-28-15-6-2-12(9-23)3-7-15)17(26)25-14-5-4-13(10-24)16(8-14)19(20,21)22;1-4(8,2-5)3(6)7/h2-8,27H,11H2,1H3,(H,25,26);8H,2H2,1H3,(H2,6,7)/t18-;/m0./s1. The number of nitrogens with zero attached hydrogens (tertiary/aromatic N) is 2. The lowest BCUT2D eigenvalue weighted by Gasteiger charge is -2.23. The van der Waals surface area contributed by atoms with Crippen molar-refractivity contribution in [1.29, 1.82) is 10.5 Å². The summed E-state index contributed by atoms with van der Waals surface area (Å²) in [5.41, 5.74) is -0.297. The fraction of sp³-hybridized carbons (Fsp3) is 0.304. The maximum absolute atomic E-state index is 13.0. The first-order chi connectivity index (χ1) is 16.6. The van der Waals surface area contributed by atoms with Crippen molar-refractivity contribution in [2.75, 3.05) is 17.3 Å². The Bertz CT molecular complexity index is 1170. The van der Waals surface area contributed by atoms with Crippen molar-refractivity contribution in [2.24, 2.45) is 5.73 Å². The minimum atomic E-state index is -4.77. The van der Waals surface area contributed by atoms with Gasteiger partial charge >= 0.3 is 6.18 Å². The molecule has 0 fully saturated rings. The van der Waals surface area contributed by atoms with Gasteiger partial charge in [0.1, 0.15) is 18.0 Å². The normalized spacial score (nSPS) is 13.9. The van der Waals surface area contributed by atoms with Crippen LogP contribution in [-0.2, 0) is 15.8 Å². The molecule has 2 aromatic rings. The van der Waals surface area contributed by atoms with Crippen molar-refractivity contribution < 1.29 is 37.7 Å². The van der Waals surface area contributed by atoms with Crippen molar-refractivity contribution in [3.05, 3.63) is 59.2 Å². The topological polar surface area (TPSA) is 169 Å². The van der Waals surface area contributed by atoms with Crippen molar-refractivity contribution in [3.8, 4) is 17.9 Å². The molecule has 0 aromatic heterocycles. The summed E-state index contributed by atoms with van der Waals surface area (Å²) in [6.45, 7) is 2.01. The van der Waals surface area contributed by atoms with Crippen LogP contribution in [0.15, 0.2) is 42.5 Å². The number of hydrogen-bond acceptors (Lipinski definition) is 7. The van der Waals surface area contributed by atoms with E-state index in [1.165, 1.54) is 37.3 Å². The first kappa shape index (κ1) is 30.4. The number of ether oxygens (including phenoxy) is 1. The van der Waals surface area contributed by atoms with E-state index in [9.17, 15) is 27.9 Å². The highest BCUT2D eigenvalue weighted by Crippen LogP contribution is 2.33. The fourth-order valence-corrected chi connectivity index (χ4v) is 2.48. The number of hydrogen-bond donors (Lipinski definition) is 4. The van der Waals surface area contributed by atoms with Crippen molar-refractivity contribution >= 4 is 33.4 Å². The fourth-order valence-electron chi connectivity index (χ4n) is 2.20. The Balaban J connectivity index is 0.000000697.